The molecule has 0 unspecified atom stereocenters. The van der Waals surface area contributed by atoms with Crippen LogP contribution in [0.3, 0.4) is 0 Å². The van der Waals surface area contributed by atoms with Gasteiger partial charge in [-0.1, -0.05) is 0 Å². The maximum atomic E-state index is 8.59. The minimum absolute atomic E-state index is 0.00109. The Morgan fingerprint density at radius 3 is 3.12 bits per heavy atom. The summed E-state index contributed by atoms with van der Waals surface area (Å²) in [6.07, 6.45) is 2.76. The van der Waals surface area contributed by atoms with Crippen molar-refractivity contribution < 1.29 is 14.6 Å². The Balaban J connectivity index is 1.86. The van der Waals surface area contributed by atoms with Crippen molar-refractivity contribution in [2.45, 2.75) is 12.5 Å². The predicted octanol–water partition coefficient (Wildman–Crippen LogP) is 0.653. The first-order valence-corrected chi connectivity index (χ1v) is 5.42. The third-order valence-electron chi connectivity index (χ3n) is 2.38. The second kappa shape index (κ2) is 5.67. The summed E-state index contributed by atoms with van der Waals surface area (Å²) < 4.78 is 10.4. The molecule has 1 aromatic heterocycles. The number of nitrogens with one attached hydrogen (secondary N) is 1. The van der Waals surface area contributed by atoms with Crippen LogP contribution in [0.1, 0.15) is 6.42 Å². The first kappa shape index (κ1) is 11.2. The second-order valence-corrected chi connectivity index (χ2v) is 3.66. The Labute approximate surface area is 94.4 Å². The molecule has 0 aliphatic carbocycles. The number of aromatic nitrogens is 1. The molecule has 2 N–H and O–H groups in total. The van der Waals surface area contributed by atoms with Crippen LogP contribution >= 0.6 is 0 Å². The molecule has 0 bridgehead atoms. The molecule has 5 nitrogen and oxygen atoms in total. The van der Waals surface area contributed by atoms with Gasteiger partial charge in [0.25, 0.3) is 0 Å². The van der Waals surface area contributed by atoms with Crippen molar-refractivity contribution in [2.75, 3.05) is 31.7 Å². The molecule has 2 rings (SSSR count). The largest absolute Gasteiger partial charge is 0.475 e. The number of aliphatic hydroxyl groups excluding tert-OH is 1. The zero-order valence-electron chi connectivity index (χ0n) is 9.06. The Bertz CT molecular complexity index is 310. The van der Waals surface area contributed by atoms with Crippen molar-refractivity contribution in [3.05, 3.63) is 18.3 Å². The molecule has 0 amide bonds. The lowest BCUT2D eigenvalue weighted by Crippen LogP contribution is -2.18. The first-order chi connectivity index (χ1) is 7.88. The summed E-state index contributed by atoms with van der Waals surface area (Å²) in [6, 6.07) is 4.08. The van der Waals surface area contributed by atoms with Crippen LogP contribution in [0, 0.1) is 0 Å². The van der Waals surface area contributed by atoms with Crippen molar-refractivity contribution >= 4 is 5.69 Å². The zero-order chi connectivity index (χ0) is 11.2. The van der Waals surface area contributed by atoms with E-state index < -0.39 is 0 Å². The molecule has 16 heavy (non-hydrogen) atoms. The highest BCUT2D eigenvalue weighted by atomic mass is 16.5. The molecule has 1 fully saturated rings. The second-order valence-electron chi connectivity index (χ2n) is 3.66. The van der Waals surface area contributed by atoms with Crippen molar-refractivity contribution in [3.63, 3.8) is 0 Å². The molecule has 1 atom stereocenters. The van der Waals surface area contributed by atoms with Crippen LogP contribution in [0.2, 0.25) is 0 Å². The third-order valence-corrected chi connectivity index (χ3v) is 2.38. The number of ether oxygens (including phenoxy) is 2. The fourth-order valence-electron chi connectivity index (χ4n) is 1.59. The molecule has 2 heterocycles. The molecule has 0 aromatic carbocycles. The van der Waals surface area contributed by atoms with Crippen LogP contribution in [0.5, 0.6) is 5.88 Å². The average Bonchev–Trinajstić information content (AvgIpc) is 2.81. The van der Waals surface area contributed by atoms with E-state index >= 15 is 0 Å². The van der Waals surface area contributed by atoms with Gasteiger partial charge in [0.05, 0.1) is 31.1 Å². The van der Waals surface area contributed by atoms with E-state index in [1.807, 2.05) is 6.07 Å². The summed E-state index contributed by atoms with van der Waals surface area (Å²) in [5, 5.41) is 11.9. The van der Waals surface area contributed by atoms with Crippen molar-refractivity contribution in [1.82, 2.24) is 4.98 Å². The summed E-state index contributed by atoms with van der Waals surface area (Å²) in [6.45, 7) is 1.85. The van der Waals surface area contributed by atoms with E-state index in [1.54, 1.807) is 12.3 Å². The molecule has 1 saturated heterocycles. The van der Waals surface area contributed by atoms with Gasteiger partial charge >= 0.3 is 0 Å². The molecule has 5 heteroatoms. The molecule has 1 aromatic rings. The van der Waals surface area contributed by atoms with Crippen LogP contribution in [-0.4, -0.2) is 42.6 Å². The van der Waals surface area contributed by atoms with E-state index in [-0.39, 0.29) is 13.2 Å². The normalized spacial score (nSPS) is 19.7. The molecule has 0 radical (unpaired) electrons. The lowest BCUT2D eigenvalue weighted by Gasteiger charge is -2.12. The zero-order valence-corrected chi connectivity index (χ0v) is 9.06. The smallest absolute Gasteiger partial charge is 0.213 e. The molecule has 1 aliphatic rings. The molecule has 1 aliphatic heterocycles. The maximum absolute atomic E-state index is 8.59. The Morgan fingerprint density at radius 2 is 2.50 bits per heavy atom. The Hall–Kier alpha value is -1.33. The number of pyridine rings is 1. The van der Waals surface area contributed by atoms with Gasteiger partial charge in [-0.15, -0.1) is 0 Å². The number of rotatable bonds is 5. The Kier molecular flexibility index (Phi) is 3.96. The van der Waals surface area contributed by atoms with Crippen molar-refractivity contribution in [3.8, 4) is 5.88 Å². The van der Waals surface area contributed by atoms with Crippen LogP contribution < -0.4 is 10.1 Å². The summed E-state index contributed by atoms with van der Waals surface area (Å²) in [5.41, 5.74) is 0.965. The number of aliphatic hydroxyl groups is 1. The minimum atomic E-state index is 0.00109. The number of anilines is 1. The fraction of sp³-hybridized carbons (Fsp3) is 0.545. The van der Waals surface area contributed by atoms with Gasteiger partial charge in [-0.05, 0) is 12.5 Å². The van der Waals surface area contributed by atoms with Gasteiger partial charge in [0.15, 0.2) is 0 Å². The summed E-state index contributed by atoms with van der Waals surface area (Å²) >= 11 is 0. The topological polar surface area (TPSA) is 63.6 Å². The summed E-state index contributed by atoms with van der Waals surface area (Å²) in [7, 11) is 0. The fourth-order valence-corrected chi connectivity index (χ4v) is 1.59. The summed E-state index contributed by atoms with van der Waals surface area (Å²) in [4.78, 5) is 4.12. The van der Waals surface area contributed by atoms with Gasteiger partial charge in [0, 0.05) is 12.7 Å². The van der Waals surface area contributed by atoms with Crippen LogP contribution in [-0.2, 0) is 4.74 Å². The monoisotopic (exact) mass is 224 g/mol. The third kappa shape index (κ3) is 3.08. The van der Waals surface area contributed by atoms with Gasteiger partial charge in [-0.25, -0.2) is 4.98 Å². The van der Waals surface area contributed by atoms with Crippen LogP contribution in [0.25, 0.3) is 0 Å². The Morgan fingerprint density at radius 1 is 1.56 bits per heavy atom. The predicted molar refractivity (Wildman–Crippen MR) is 59.7 cm³/mol. The van der Waals surface area contributed by atoms with Crippen molar-refractivity contribution in [1.29, 1.82) is 0 Å². The number of hydrogen-bond donors (Lipinski definition) is 2. The van der Waals surface area contributed by atoms with Crippen LogP contribution in [0.4, 0.5) is 5.69 Å². The lowest BCUT2D eigenvalue weighted by atomic mass is 10.2. The van der Waals surface area contributed by atoms with Gasteiger partial charge in [-0.2, -0.15) is 0 Å². The molecular formula is C11H16N2O3. The van der Waals surface area contributed by atoms with Gasteiger partial charge in [0.2, 0.25) is 5.88 Å². The van der Waals surface area contributed by atoms with E-state index in [1.165, 1.54) is 0 Å². The first-order valence-electron chi connectivity index (χ1n) is 5.42. The number of nitrogens with zero attached hydrogens (tertiary/aromatic N) is 1. The molecule has 88 valence electrons. The maximum Gasteiger partial charge on any atom is 0.213 e. The molecular weight excluding hydrogens is 208 g/mol. The van der Waals surface area contributed by atoms with Crippen molar-refractivity contribution in [2.24, 2.45) is 0 Å². The lowest BCUT2D eigenvalue weighted by molar-refractivity contribution is 0.195. The van der Waals surface area contributed by atoms with E-state index in [4.69, 9.17) is 14.6 Å². The minimum Gasteiger partial charge on any atom is -0.475 e. The molecule has 0 spiro atoms. The highest BCUT2D eigenvalue weighted by molar-refractivity contribution is 5.43. The van der Waals surface area contributed by atoms with E-state index in [0.717, 1.165) is 25.3 Å². The van der Waals surface area contributed by atoms with E-state index in [0.29, 0.717) is 11.9 Å². The van der Waals surface area contributed by atoms with E-state index in [9.17, 15) is 0 Å². The highest BCUT2D eigenvalue weighted by Crippen LogP contribution is 2.15. The quantitative estimate of drug-likeness (QED) is 0.769. The number of hydrogen-bond acceptors (Lipinski definition) is 5. The standard InChI is InChI=1S/C11H16N2O3/c14-4-6-16-11-2-1-9(7-12-11)13-10-3-5-15-8-10/h1-2,7,10,13-14H,3-6,8H2/t10-/m0/s1. The summed E-state index contributed by atoms with van der Waals surface area (Å²) in [5.74, 6) is 0.530. The SMILES string of the molecule is OCCOc1ccc(N[C@H]2CCOC2)cn1. The van der Waals surface area contributed by atoms with Gasteiger partial charge in [-0.3, -0.25) is 0 Å². The van der Waals surface area contributed by atoms with E-state index in [2.05, 4.69) is 10.3 Å². The van der Waals surface area contributed by atoms with Crippen LogP contribution in [0.15, 0.2) is 18.3 Å². The molecule has 0 saturated carbocycles. The van der Waals surface area contributed by atoms with Gasteiger partial charge in [0.1, 0.15) is 6.61 Å². The average molecular weight is 224 g/mol. The highest BCUT2D eigenvalue weighted by Gasteiger charge is 2.14. The van der Waals surface area contributed by atoms with Gasteiger partial charge < -0.3 is 19.9 Å².